The van der Waals surface area contributed by atoms with Crippen molar-refractivity contribution in [1.82, 2.24) is 0 Å². The molecular weight excluding hydrogens is 212 g/mol. The maximum Gasteiger partial charge on any atom is 0.139 e. The van der Waals surface area contributed by atoms with Gasteiger partial charge in [-0.1, -0.05) is 13.0 Å². The van der Waals surface area contributed by atoms with Crippen LogP contribution in [0, 0.1) is 11.8 Å². The van der Waals surface area contributed by atoms with Crippen LogP contribution in [0.1, 0.15) is 43.2 Å². The van der Waals surface area contributed by atoms with Crippen LogP contribution in [0.3, 0.4) is 0 Å². The molecule has 2 nitrogen and oxygen atoms in total. The third-order valence-corrected chi connectivity index (χ3v) is 4.50. The molecule has 0 saturated heterocycles. The molecule has 0 aliphatic heterocycles. The number of aromatic hydroxyl groups is 1. The SMILES string of the molecule is C[C@@H]1CC[C@H]2c3ccc(O)cc3CC[C@@H]2C1=O. The lowest BCUT2D eigenvalue weighted by atomic mass is 9.65. The van der Waals surface area contributed by atoms with Crippen molar-refractivity contribution in [3.8, 4) is 5.75 Å². The molecule has 1 aromatic rings. The van der Waals surface area contributed by atoms with Crippen LogP contribution in [0.25, 0.3) is 0 Å². The van der Waals surface area contributed by atoms with E-state index in [1.165, 1.54) is 11.1 Å². The van der Waals surface area contributed by atoms with E-state index in [1.807, 2.05) is 12.1 Å². The van der Waals surface area contributed by atoms with Gasteiger partial charge < -0.3 is 5.11 Å². The van der Waals surface area contributed by atoms with E-state index in [1.54, 1.807) is 6.07 Å². The normalized spacial score (nSPS) is 31.8. The average molecular weight is 230 g/mol. The van der Waals surface area contributed by atoms with Crippen LogP contribution in [0.2, 0.25) is 0 Å². The summed E-state index contributed by atoms with van der Waals surface area (Å²) in [5.74, 6) is 1.69. The Hall–Kier alpha value is -1.31. The predicted octanol–water partition coefficient (Wildman–Crippen LogP) is 3.04. The van der Waals surface area contributed by atoms with Crippen LogP contribution >= 0.6 is 0 Å². The third-order valence-electron chi connectivity index (χ3n) is 4.50. The van der Waals surface area contributed by atoms with Crippen LogP contribution in [0.5, 0.6) is 5.75 Å². The summed E-state index contributed by atoms with van der Waals surface area (Å²) in [5.41, 5.74) is 2.55. The number of Topliss-reactive ketones (excluding diaryl/α,β-unsaturated/α-hetero) is 1. The highest BCUT2D eigenvalue weighted by Crippen LogP contribution is 2.45. The van der Waals surface area contributed by atoms with E-state index in [0.29, 0.717) is 17.5 Å². The van der Waals surface area contributed by atoms with Gasteiger partial charge in [-0.15, -0.1) is 0 Å². The zero-order valence-electron chi connectivity index (χ0n) is 10.1. The molecule has 1 N–H and O–H groups in total. The van der Waals surface area contributed by atoms with Crippen molar-refractivity contribution >= 4 is 5.78 Å². The summed E-state index contributed by atoms with van der Waals surface area (Å²) in [4.78, 5) is 12.2. The van der Waals surface area contributed by atoms with Crippen LogP contribution < -0.4 is 0 Å². The first-order valence-electron chi connectivity index (χ1n) is 6.52. The summed E-state index contributed by atoms with van der Waals surface area (Å²) in [6.07, 6.45) is 4.03. The lowest BCUT2D eigenvalue weighted by Gasteiger charge is -2.38. The van der Waals surface area contributed by atoms with Gasteiger partial charge in [0.1, 0.15) is 11.5 Å². The number of phenolic OH excluding ortho intramolecular Hbond substituents is 1. The van der Waals surface area contributed by atoms with E-state index in [4.69, 9.17) is 0 Å². The number of phenols is 1. The maximum absolute atomic E-state index is 12.2. The fraction of sp³-hybridized carbons (Fsp3) is 0.533. The van der Waals surface area contributed by atoms with Crippen LogP contribution in [-0.2, 0) is 11.2 Å². The lowest BCUT2D eigenvalue weighted by Crippen LogP contribution is -2.35. The largest absolute Gasteiger partial charge is 0.508 e. The van der Waals surface area contributed by atoms with Gasteiger partial charge in [0.25, 0.3) is 0 Å². The molecular formula is C15H18O2. The Morgan fingerprint density at radius 1 is 1.18 bits per heavy atom. The molecule has 0 unspecified atom stereocenters. The summed E-state index contributed by atoms with van der Waals surface area (Å²) < 4.78 is 0. The van der Waals surface area contributed by atoms with Crippen LogP contribution in [0.4, 0.5) is 0 Å². The molecule has 0 heterocycles. The number of benzene rings is 1. The molecule has 0 radical (unpaired) electrons. The van der Waals surface area contributed by atoms with Crippen molar-refractivity contribution in [2.45, 2.75) is 38.5 Å². The quantitative estimate of drug-likeness (QED) is 0.743. The molecule has 2 aliphatic carbocycles. The highest BCUT2D eigenvalue weighted by Gasteiger charge is 2.39. The molecule has 0 amide bonds. The third kappa shape index (κ3) is 1.67. The number of rotatable bonds is 0. The van der Waals surface area contributed by atoms with Gasteiger partial charge in [-0.05, 0) is 54.9 Å². The Bertz CT molecular complexity index is 464. The van der Waals surface area contributed by atoms with E-state index >= 15 is 0 Å². The topological polar surface area (TPSA) is 37.3 Å². The minimum absolute atomic E-state index is 0.232. The molecule has 0 spiro atoms. The van der Waals surface area contributed by atoms with E-state index in [9.17, 15) is 9.90 Å². The van der Waals surface area contributed by atoms with Crippen molar-refractivity contribution in [2.24, 2.45) is 11.8 Å². The molecule has 17 heavy (non-hydrogen) atoms. The zero-order chi connectivity index (χ0) is 12.0. The standard InChI is InChI=1S/C15H18O2/c1-9-2-5-13-12-7-4-11(16)8-10(12)3-6-14(13)15(9)17/h4,7-9,13-14,16H,2-3,5-6H2,1H3/t9-,13+,14+/m1/s1. The van der Waals surface area contributed by atoms with Gasteiger partial charge in [-0.2, -0.15) is 0 Å². The van der Waals surface area contributed by atoms with E-state index in [-0.39, 0.29) is 11.8 Å². The minimum atomic E-state index is 0.232. The van der Waals surface area contributed by atoms with Gasteiger partial charge in [0.2, 0.25) is 0 Å². The monoisotopic (exact) mass is 230 g/mol. The summed E-state index contributed by atoms with van der Waals surface area (Å²) in [7, 11) is 0. The van der Waals surface area contributed by atoms with Crippen molar-refractivity contribution in [1.29, 1.82) is 0 Å². The van der Waals surface area contributed by atoms with Crippen LogP contribution in [-0.4, -0.2) is 10.9 Å². The number of ketones is 1. The Morgan fingerprint density at radius 3 is 2.82 bits per heavy atom. The Kier molecular flexibility index (Phi) is 2.46. The van der Waals surface area contributed by atoms with Crippen molar-refractivity contribution in [3.63, 3.8) is 0 Å². The summed E-state index contributed by atoms with van der Waals surface area (Å²) in [6, 6.07) is 5.64. The summed E-state index contributed by atoms with van der Waals surface area (Å²) >= 11 is 0. The second kappa shape index (κ2) is 3.86. The number of fused-ring (bicyclic) bond motifs is 3. The predicted molar refractivity (Wildman–Crippen MR) is 66.1 cm³/mol. The molecule has 2 heteroatoms. The summed E-state index contributed by atoms with van der Waals surface area (Å²) in [5, 5.41) is 9.51. The maximum atomic E-state index is 12.2. The van der Waals surface area contributed by atoms with Gasteiger partial charge in [0.05, 0.1) is 0 Å². The van der Waals surface area contributed by atoms with E-state index in [2.05, 4.69) is 6.92 Å². The van der Waals surface area contributed by atoms with Crippen molar-refractivity contribution in [3.05, 3.63) is 29.3 Å². The Balaban J connectivity index is 1.99. The zero-order valence-corrected chi connectivity index (χ0v) is 10.1. The van der Waals surface area contributed by atoms with Crippen LogP contribution in [0.15, 0.2) is 18.2 Å². The average Bonchev–Trinajstić information content (AvgIpc) is 2.33. The first-order valence-corrected chi connectivity index (χ1v) is 6.52. The van der Waals surface area contributed by atoms with E-state index < -0.39 is 0 Å². The molecule has 3 atom stereocenters. The number of carbonyl (C=O) groups excluding carboxylic acids is 1. The Morgan fingerprint density at radius 2 is 2.00 bits per heavy atom. The second-order valence-corrected chi connectivity index (χ2v) is 5.52. The molecule has 1 aromatic carbocycles. The second-order valence-electron chi connectivity index (χ2n) is 5.52. The summed E-state index contributed by atoms with van der Waals surface area (Å²) in [6.45, 7) is 2.06. The smallest absolute Gasteiger partial charge is 0.139 e. The van der Waals surface area contributed by atoms with Gasteiger partial charge in [-0.25, -0.2) is 0 Å². The van der Waals surface area contributed by atoms with Gasteiger partial charge in [-0.3, -0.25) is 4.79 Å². The number of aryl methyl sites for hydroxylation is 1. The number of hydrogen-bond donors (Lipinski definition) is 1. The molecule has 2 aliphatic rings. The van der Waals surface area contributed by atoms with E-state index in [0.717, 1.165) is 25.7 Å². The molecule has 3 rings (SSSR count). The molecule has 1 saturated carbocycles. The molecule has 90 valence electrons. The minimum Gasteiger partial charge on any atom is -0.508 e. The first kappa shape index (κ1) is 10.8. The van der Waals surface area contributed by atoms with Gasteiger partial charge >= 0.3 is 0 Å². The Labute approximate surface area is 102 Å². The molecule has 1 fully saturated rings. The van der Waals surface area contributed by atoms with Gasteiger partial charge in [0.15, 0.2) is 0 Å². The lowest BCUT2D eigenvalue weighted by molar-refractivity contribution is -0.129. The molecule has 0 aromatic heterocycles. The first-order chi connectivity index (χ1) is 8.16. The fourth-order valence-electron chi connectivity index (χ4n) is 3.53. The van der Waals surface area contributed by atoms with Crippen molar-refractivity contribution in [2.75, 3.05) is 0 Å². The highest BCUT2D eigenvalue weighted by atomic mass is 16.3. The fourth-order valence-corrected chi connectivity index (χ4v) is 3.53. The van der Waals surface area contributed by atoms with Gasteiger partial charge in [0, 0.05) is 11.8 Å². The van der Waals surface area contributed by atoms with Crippen molar-refractivity contribution < 1.29 is 9.90 Å². The highest BCUT2D eigenvalue weighted by molar-refractivity contribution is 5.85. The number of hydrogen-bond acceptors (Lipinski definition) is 2. The molecule has 0 bridgehead atoms. The number of carbonyl (C=O) groups is 1.